The van der Waals surface area contributed by atoms with Crippen molar-refractivity contribution in [3.8, 4) is 16.9 Å². The number of benzene rings is 3. The van der Waals surface area contributed by atoms with E-state index >= 15 is 0 Å². The number of esters is 1. The van der Waals surface area contributed by atoms with Crippen molar-refractivity contribution >= 4 is 33.6 Å². The van der Waals surface area contributed by atoms with Gasteiger partial charge in [-0.15, -0.1) is 0 Å². The third-order valence-electron chi connectivity index (χ3n) is 6.43. The van der Waals surface area contributed by atoms with Gasteiger partial charge in [-0.25, -0.2) is 4.21 Å². The molecule has 210 valence electrons. The van der Waals surface area contributed by atoms with Crippen molar-refractivity contribution in [3.63, 3.8) is 0 Å². The van der Waals surface area contributed by atoms with Crippen LogP contribution in [0.25, 0.3) is 22.1 Å². The molecule has 1 unspecified atom stereocenters. The van der Waals surface area contributed by atoms with Gasteiger partial charge in [-0.2, -0.15) is 4.40 Å². The van der Waals surface area contributed by atoms with Gasteiger partial charge in [0, 0.05) is 16.5 Å². The van der Waals surface area contributed by atoms with Crippen molar-refractivity contribution in [3.05, 3.63) is 89.2 Å². The largest absolute Gasteiger partial charge is 0.489 e. The average Bonchev–Trinajstić information content (AvgIpc) is 3.36. The van der Waals surface area contributed by atoms with E-state index in [0.29, 0.717) is 30.4 Å². The molecule has 1 heterocycles. The summed E-state index contributed by atoms with van der Waals surface area (Å²) in [7, 11) is -1.40. The van der Waals surface area contributed by atoms with Crippen LogP contribution in [0.15, 0.2) is 75.5 Å². The summed E-state index contributed by atoms with van der Waals surface area (Å²) in [4.78, 5) is 12.1. The molecule has 1 aromatic heterocycles. The van der Waals surface area contributed by atoms with Gasteiger partial charge < -0.3 is 13.9 Å². The Balaban J connectivity index is 1.73. The van der Waals surface area contributed by atoms with Crippen LogP contribution in [0.3, 0.4) is 0 Å². The van der Waals surface area contributed by atoms with E-state index in [1.54, 1.807) is 6.92 Å². The molecule has 0 bridgehead atoms. The van der Waals surface area contributed by atoms with Gasteiger partial charge in [0.2, 0.25) is 0 Å². The number of carbonyl (C=O) groups is 1. The van der Waals surface area contributed by atoms with Crippen LogP contribution in [0.4, 0.5) is 0 Å². The van der Waals surface area contributed by atoms with Crippen LogP contribution in [0.5, 0.6) is 5.75 Å². The maximum absolute atomic E-state index is 12.7. The van der Waals surface area contributed by atoms with Crippen LogP contribution >= 0.6 is 0 Å². The topological polar surface area (TPSA) is 78.1 Å². The second-order valence-electron chi connectivity index (χ2n) is 10.6. The summed E-state index contributed by atoms with van der Waals surface area (Å²) in [5, 5.41) is 0.906. The first kappa shape index (κ1) is 29.3. The van der Waals surface area contributed by atoms with Crippen molar-refractivity contribution in [1.82, 2.24) is 0 Å². The minimum Gasteiger partial charge on any atom is -0.489 e. The molecule has 4 aromatic rings. The number of fused-ring (bicyclic) bond motifs is 1. The van der Waals surface area contributed by atoms with E-state index in [1.165, 1.54) is 5.56 Å². The molecule has 3 aromatic carbocycles. The van der Waals surface area contributed by atoms with Crippen LogP contribution in [-0.4, -0.2) is 27.2 Å². The fraction of sp³-hybridized carbons (Fsp3) is 0.333. The maximum atomic E-state index is 12.7. The van der Waals surface area contributed by atoms with E-state index in [1.807, 2.05) is 64.1 Å². The summed E-state index contributed by atoms with van der Waals surface area (Å²) >= 11 is 0. The molecule has 0 aliphatic carbocycles. The normalized spacial score (nSPS) is 12.9. The van der Waals surface area contributed by atoms with E-state index in [0.717, 1.165) is 39.6 Å². The molecular formula is C33H37NO5S. The fourth-order valence-electron chi connectivity index (χ4n) is 4.28. The molecule has 0 radical (unpaired) electrons. The molecule has 0 N–H and O–H groups in total. The van der Waals surface area contributed by atoms with E-state index in [9.17, 15) is 9.00 Å². The van der Waals surface area contributed by atoms with Crippen LogP contribution in [-0.2, 0) is 40.0 Å². The number of ether oxygens (including phenoxy) is 2. The zero-order chi connectivity index (χ0) is 28.9. The summed E-state index contributed by atoms with van der Waals surface area (Å²) in [5.74, 6) is 0.942. The number of hydrogen-bond donors (Lipinski definition) is 0. The number of nitrogens with zero attached hydrogens (tertiary/aromatic N) is 1. The first-order valence-electron chi connectivity index (χ1n) is 13.6. The minimum absolute atomic E-state index is 0.151. The van der Waals surface area contributed by atoms with Crippen molar-refractivity contribution in [1.29, 1.82) is 0 Å². The molecule has 0 amide bonds. The lowest BCUT2D eigenvalue weighted by molar-refractivity contribution is -0.142. The zero-order valence-corrected chi connectivity index (χ0v) is 24.9. The Labute approximate surface area is 239 Å². The van der Waals surface area contributed by atoms with Gasteiger partial charge in [-0.1, -0.05) is 49.4 Å². The zero-order valence-electron chi connectivity index (χ0n) is 24.1. The van der Waals surface area contributed by atoms with Crippen molar-refractivity contribution in [2.45, 2.75) is 65.7 Å². The summed E-state index contributed by atoms with van der Waals surface area (Å²) in [6.07, 6.45) is 1.07. The number of furan rings is 1. The van der Waals surface area contributed by atoms with E-state index in [-0.39, 0.29) is 12.4 Å². The van der Waals surface area contributed by atoms with Gasteiger partial charge in [-0.3, -0.25) is 4.79 Å². The lowest BCUT2D eigenvalue weighted by Gasteiger charge is -2.13. The highest BCUT2D eigenvalue weighted by Gasteiger charge is 2.21. The predicted molar refractivity (Wildman–Crippen MR) is 162 cm³/mol. The Morgan fingerprint density at radius 3 is 2.48 bits per heavy atom. The SMILES string of the molecule is CCOC(=O)Cc1ccccc1OCc1cc(-c2cccc(CC)c2)c2oc(C(C)=NS(=O)C(C)(C)C)cc2c1. The van der Waals surface area contributed by atoms with Crippen molar-refractivity contribution in [2.75, 3.05) is 6.61 Å². The second kappa shape index (κ2) is 12.6. The van der Waals surface area contributed by atoms with E-state index in [2.05, 4.69) is 41.7 Å². The van der Waals surface area contributed by atoms with Gasteiger partial charge in [0.25, 0.3) is 0 Å². The Morgan fingerprint density at radius 2 is 1.75 bits per heavy atom. The van der Waals surface area contributed by atoms with Crippen LogP contribution in [0, 0.1) is 0 Å². The maximum Gasteiger partial charge on any atom is 0.310 e. The summed E-state index contributed by atoms with van der Waals surface area (Å²) < 4.78 is 34.3. The van der Waals surface area contributed by atoms with E-state index in [4.69, 9.17) is 13.9 Å². The minimum atomic E-state index is -1.40. The summed E-state index contributed by atoms with van der Waals surface area (Å²) in [6.45, 7) is 12.1. The lowest BCUT2D eigenvalue weighted by atomic mass is 9.98. The van der Waals surface area contributed by atoms with Gasteiger partial charge in [0.15, 0.2) is 0 Å². The molecule has 0 fully saturated rings. The summed E-state index contributed by atoms with van der Waals surface area (Å²) in [5.41, 5.74) is 6.28. The molecule has 0 aliphatic heterocycles. The predicted octanol–water partition coefficient (Wildman–Crippen LogP) is 7.62. The molecule has 0 spiro atoms. The number of rotatable bonds is 10. The summed E-state index contributed by atoms with van der Waals surface area (Å²) in [6, 6.07) is 22.0. The first-order chi connectivity index (χ1) is 19.1. The second-order valence-corrected chi connectivity index (χ2v) is 12.5. The molecule has 4 rings (SSSR count). The van der Waals surface area contributed by atoms with Gasteiger partial charge in [0.1, 0.15) is 34.7 Å². The molecule has 6 nitrogen and oxygen atoms in total. The molecular weight excluding hydrogens is 522 g/mol. The van der Waals surface area contributed by atoms with Crippen LogP contribution in [0.2, 0.25) is 0 Å². The van der Waals surface area contributed by atoms with Gasteiger partial charge in [0.05, 0.1) is 23.5 Å². The molecule has 0 aliphatic rings. The van der Waals surface area contributed by atoms with Crippen LogP contribution < -0.4 is 4.74 Å². The quantitative estimate of drug-likeness (QED) is 0.148. The lowest BCUT2D eigenvalue weighted by Crippen LogP contribution is -2.20. The third kappa shape index (κ3) is 7.07. The fourth-order valence-corrected chi connectivity index (χ4v) is 4.89. The van der Waals surface area contributed by atoms with Crippen LogP contribution in [0.1, 0.15) is 64.0 Å². The molecule has 0 saturated carbocycles. The first-order valence-corrected chi connectivity index (χ1v) is 14.7. The Morgan fingerprint density at radius 1 is 0.975 bits per heavy atom. The molecule has 1 atom stereocenters. The molecule has 40 heavy (non-hydrogen) atoms. The monoisotopic (exact) mass is 559 g/mol. The number of carbonyl (C=O) groups excluding carboxylic acids is 1. The smallest absolute Gasteiger partial charge is 0.310 e. The highest BCUT2D eigenvalue weighted by molar-refractivity contribution is 7.85. The van der Waals surface area contributed by atoms with Gasteiger partial charge in [-0.05, 0) is 82.0 Å². The number of hydrogen-bond acceptors (Lipinski definition) is 5. The highest BCUT2D eigenvalue weighted by Crippen LogP contribution is 2.34. The Bertz CT molecular complexity index is 1560. The Hall–Kier alpha value is -3.71. The van der Waals surface area contributed by atoms with Crippen molar-refractivity contribution in [2.24, 2.45) is 4.40 Å². The number of aryl methyl sites for hydroxylation is 1. The highest BCUT2D eigenvalue weighted by atomic mass is 32.2. The van der Waals surface area contributed by atoms with E-state index < -0.39 is 15.7 Å². The number of para-hydroxylation sites is 1. The standard InChI is InChI=1S/C33H37NO5S/c1-7-23-12-11-14-25(16-23)28-18-24(21-38-29-15-10-9-13-26(29)20-31(35)37-8-2)17-27-19-30(39-32(27)28)22(3)34-40(36)33(4,5)6/h9-19H,7-8,20-21H2,1-6H3. The molecule has 7 heteroatoms. The van der Waals surface area contributed by atoms with Gasteiger partial charge >= 0.3 is 5.97 Å². The molecule has 0 saturated heterocycles. The average molecular weight is 560 g/mol. The van der Waals surface area contributed by atoms with Crippen molar-refractivity contribution < 1.29 is 22.9 Å². The Kier molecular flexibility index (Phi) is 9.25. The third-order valence-corrected chi connectivity index (χ3v) is 7.92.